The summed E-state index contributed by atoms with van der Waals surface area (Å²) in [4.78, 5) is 0. The van der Waals surface area contributed by atoms with Crippen LogP contribution >= 0.6 is 34.8 Å². The molecule has 1 nitrogen and oxygen atoms in total. The van der Waals surface area contributed by atoms with Gasteiger partial charge in [0.05, 0.1) is 0 Å². The summed E-state index contributed by atoms with van der Waals surface area (Å²) in [5.41, 5.74) is 0.965. The number of hydrogen-bond donors (Lipinski definition) is 0. The van der Waals surface area contributed by atoms with Gasteiger partial charge in [0.25, 0.3) is 0 Å². The van der Waals surface area contributed by atoms with Gasteiger partial charge < -0.3 is 0 Å². The largest absolute Gasteiger partial charge is 0.206 e. The van der Waals surface area contributed by atoms with Crippen LogP contribution in [0.25, 0.3) is 0 Å². The number of hydrogen-bond acceptors (Lipinski definition) is 1. The lowest BCUT2D eigenvalue weighted by Crippen LogP contribution is -2.06. The van der Waals surface area contributed by atoms with Gasteiger partial charge in [-0.1, -0.05) is 34.9 Å². The van der Waals surface area contributed by atoms with Crippen LogP contribution < -0.4 is 0 Å². The molecule has 4 heteroatoms. The lowest BCUT2D eigenvalue weighted by Gasteiger charge is -2.05. The molecule has 0 spiro atoms. The first-order valence-corrected chi connectivity index (χ1v) is 4.31. The number of nitrogens with zero attached hydrogens (tertiary/aromatic N) is 1. The molecule has 0 radical (unpaired) electrons. The maximum Gasteiger partial charge on any atom is 0.206 e. The van der Waals surface area contributed by atoms with Crippen molar-refractivity contribution >= 4 is 34.8 Å². The highest BCUT2D eigenvalue weighted by Gasteiger charge is 2.20. The van der Waals surface area contributed by atoms with Crippen molar-refractivity contribution in [3.63, 3.8) is 0 Å². The van der Waals surface area contributed by atoms with Crippen molar-refractivity contribution in [2.24, 2.45) is 0 Å². The molecule has 0 bridgehead atoms. The Morgan fingerprint density at radius 3 is 2.55 bits per heavy atom. The highest BCUT2D eigenvalue weighted by molar-refractivity contribution is 6.50. The quantitative estimate of drug-likeness (QED) is 0.520. The van der Waals surface area contributed by atoms with Crippen molar-refractivity contribution < 1.29 is 0 Å². The first kappa shape index (κ1) is 11.1. The number of nitriles is 1. The Morgan fingerprint density at radius 1 is 1.64 bits per heavy atom. The second-order valence-corrected chi connectivity index (χ2v) is 3.96. The predicted molar refractivity (Wildman–Crippen MR) is 49.1 cm³/mol. The highest BCUT2D eigenvalue weighted by atomic mass is 35.5. The van der Waals surface area contributed by atoms with Crippen LogP contribution in [0.3, 0.4) is 0 Å². The Kier molecular flexibility index (Phi) is 4.92. The normalized spacial score (nSPS) is 12.8. The van der Waals surface area contributed by atoms with Gasteiger partial charge in [0, 0.05) is 12.3 Å². The summed E-state index contributed by atoms with van der Waals surface area (Å²) in [5.74, 6) is 0.440. The average Bonchev–Trinajstić information content (AvgIpc) is 2.00. The predicted octanol–water partition coefficient (Wildman–Crippen LogP) is 3.26. The van der Waals surface area contributed by atoms with Crippen molar-refractivity contribution in [3.05, 3.63) is 11.6 Å². The van der Waals surface area contributed by atoms with E-state index >= 15 is 0 Å². The van der Waals surface area contributed by atoms with Crippen LogP contribution in [0.4, 0.5) is 0 Å². The Labute approximate surface area is 81.5 Å². The van der Waals surface area contributed by atoms with E-state index in [-0.39, 0.29) is 0 Å². The minimum absolute atomic E-state index is 0.311. The van der Waals surface area contributed by atoms with Crippen LogP contribution in [0.2, 0.25) is 0 Å². The maximum atomic E-state index is 8.40. The number of alkyl halides is 3. The second-order valence-electron chi connectivity index (χ2n) is 2.20. The number of allylic oxidation sites excluding steroid dienone is 2. The van der Waals surface area contributed by atoms with Crippen LogP contribution in [0, 0.1) is 11.3 Å². The van der Waals surface area contributed by atoms with E-state index in [0.29, 0.717) is 12.3 Å². The van der Waals surface area contributed by atoms with E-state index in [4.69, 9.17) is 40.1 Å². The fraction of sp³-hybridized carbons (Fsp3) is 0.571. The van der Waals surface area contributed by atoms with Gasteiger partial charge in [-0.05, 0) is 6.92 Å². The molecule has 0 unspecified atom stereocenters. The zero-order valence-corrected chi connectivity index (χ0v) is 8.34. The van der Waals surface area contributed by atoms with Gasteiger partial charge in [-0.15, -0.1) is 11.6 Å². The Bertz CT molecular complexity index is 190. The highest BCUT2D eigenvalue weighted by Crippen LogP contribution is 2.25. The maximum absolute atomic E-state index is 8.40. The third kappa shape index (κ3) is 5.38. The molecule has 0 saturated carbocycles. The van der Waals surface area contributed by atoms with Gasteiger partial charge in [0.15, 0.2) is 0 Å². The standard InChI is InChI=1S/C7H8Cl3N/c1-6(4-8)2-3-7(9,10)5-11/h2H,3-4H2,1H3/b6-2+. The monoisotopic (exact) mass is 211 g/mol. The van der Waals surface area contributed by atoms with Crippen molar-refractivity contribution in [1.82, 2.24) is 0 Å². The summed E-state index contributed by atoms with van der Waals surface area (Å²) in [5, 5.41) is 8.40. The molecule has 0 atom stereocenters. The average molecular weight is 213 g/mol. The number of halogens is 3. The van der Waals surface area contributed by atoms with Crippen LogP contribution in [-0.2, 0) is 0 Å². The molecule has 0 aliphatic carbocycles. The molecule has 0 N–H and O–H groups in total. The summed E-state index contributed by atoms with van der Waals surface area (Å²) >= 11 is 16.6. The van der Waals surface area contributed by atoms with E-state index in [9.17, 15) is 0 Å². The molecular weight excluding hydrogens is 204 g/mol. The van der Waals surface area contributed by atoms with Crippen molar-refractivity contribution in [2.75, 3.05) is 5.88 Å². The first-order valence-electron chi connectivity index (χ1n) is 3.02. The molecule has 62 valence electrons. The minimum atomic E-state index is -1.31. The molecular formula is C7H8Cl3N. The molecule has 0 heterocycles. The zero-order valence-electron chi connectivity index (χ0n) is 6.07. The van der Waals surface area contributed by atoms with Crippen molar-refractivity contribution in [1.29, 1.82) is 5.26 Å². The van der Waals surface area contributed by atoms with Crippen LogP contribution in [0.5, 0.6) is 0 Å². The van der Waals surface area contributed by atoms with E-state index in [1.165, 1.54) is 0 Å². The molecule has 11 heavy (non-hydrogen) atoms. The summed E-state index contributed by atoms with van der Waals surface area (Å²) < 4.78 is -1.31. The van der Waals surface area contributed by atoms with Crippen molar-refractivity contribution in [2.45, 2.75) is 17.7 Å². The number of rotatable bonds is 3. The third-order valence-electron chi connectivity index (χ3n) is 1.08. The smallest absolute Gasteiger partial charge is 0.195 e. The van der Waals surface area contributed by atoms with Crippen LogP contribution in [-0.4, -0.2) is 10.2 Å². The van der Waals surface area contributed by atoms with Crippen LogP contribution in [0.15, 0.2) is 11.6 Å². The fourth-order valence-electron chi connectivity index (χ4n) is 0.403. The van der Waals surface area contributed by atoms with E-state index in [1.807, 2.05) is 6.92 Å². The summed E-state index contributed by atoms with van der Waals surface area (Å²) in [6, 6.07) is 1.76. The summed E-state index contributed by atoms with van der Waals surface area (Å²) in [6.45, 7) is 1.86. The fourth-order valence-corrected chi connectivity index (χ4v) is 0.666. The van der Waals surface area contributed by atoms with E-state index < -0.39 is 4.33 Å². The lowest BCUT2D eigenvalue weighted by molar-refractivity contribution is 0.975. The molecule has 0 rings (SSSR count). The molecule has 0 aliphatic heterocycles. The van der Waals surface area contributed by atoms with Gasteiger partial charge >= 0.3 is 0 Å². The molecule has 0 aromatic rings. The topological polar surface area (TPSA) is 23.8 Å². The van der Waals surface area contributed by atoms with Gasteiger partial charge in [-0.3, -0.25) is 0 Å². The van der Waals surface area contributed by atoms with E-state index in [2.05, 4.69) is 0 Å². The molecule has 0 aliphatic rings. The second kappa shape index (κ2) is 4.87. The third-order valence-corrected chi connectivity index (χ3v) is 1.98. The first-order chi connectivity index (χ1) is 5.02. The summed E-state index contributed by atoms with van der Waals surface area (Å²) in [6.07, 6.45) is 2.07. The zero-order chi connectivity index (χ0) is 8.91. The van der Waals surface area contributed by atoms with Gasteiger partial charge in [0.2, 0.25) is 4.33 Å². The van der Waals surface area contributed by atoms with Crippen LogP contribution in [0.1, 0.15) is 13.3 Å². The minimum Gasteiger partial charge on any atom is -0.195 e. The Morgan fingerprint density at radius 2 is 2.18 bits per heavy atom. The molecule has 0 fully saturated rings. The van der Waals surface area contributed by atoms with Gasteiger partial charge in [-0.25, -0.2) is 0 Å². The lowest BCUT2D eigenvalue weighted by atomic mass is 10.2. The van der Waals surface area contributed by atoms with Crippen molar-refractivity contribution in [3.8, 4) is 6.07 Å². The molecule has 0 amide bonds. The molecule has 0 aromatic carbocycles. The van der Waals surface area contributed by atoms with E-state index in [0.717, 1.165) is 5.57 Å². The Hall–Kier alpha value is 0.1000. The van der Waals surface area contributed by atoms with Gasteiger partial charge in [-0.2, -0.15) is 5.26 Å². The summed E-state index contributed by atoms with van der Waals surface area (Å²) in [7, 11) is 0. The molecule has 0 aromatic heterocycles. The van der Waals surface area contributed by atoms with Gasteiger partial charge in [0.1, 0.15) is 6.07 Å². The van der Waals surface area contributed by atoms with E-state index in [1.54, 1.807) is 12.1 Å². The molecule has 0 saturated heterocycles. The Balaban J connectivity index is 3.99. The SMILES string of the molecule is C/C(=C\CC(Cl)(Cl)C#N)CCl.